The third kappa shape index (κ3) is 3.66. The lowest BCUT2D eigenvalue weighted by Gasteiger charge is -2.18. The van der Waals surface area contributed by atoms with Crippen LogP contribution in [0.4, 0.5) is 0 Å². The minimum Gasteiger partial charge on any atom is -0.456 e. The van der Waals surface area contributed by atoms with Gasteiger partial charge in [0, 0.05) is 28.3 Å². The Morgan fingerprint density at radius 3 is 2.15 bits per heavy atom. The van der Waals surface area contributed by atoms with Crippen molar-refractivity contribution in [2.45, 2.75) is 27.2 Å². The van der Waals surface area contributed by atoms with Gasteiger partial charge in [-0.15, -0.1) is 0 Å². The first kappa shape index (κ1) is 20.7. The maximum Gasteiger partial charge on any atom is 0.135 e. The van der Waals surface area contributed by atoms with Crippen LogP contribution in [0.5, 0.6) is 11.5 Å². The summed E-state index contributed by atoms with van der Waals surface area (Å²) in [6, 6.07) is 32.1. The van der Waals surface area contributed by atoms with Crippen LogP contribution in [0.1, 0.15) is 26.3 Å². The molecule has 1 aliphatic heterocycles. The fraction of sp³-hybridized carbons (Fsp3) is 0.156. The van der Waals surface area contributed by atoms with Crippen LogP contribution < -0.4 is 4.74 Å². The summed E-state index contributed by atoms with van der Waals surface area (Å²) in [7, 11) is 0. The standard InChI is InChI=1S/C32H27NO/c1-32(2,3)20-21-12-14-24-22(18-21)16-17-33-31(24)23-13-15-28-26-9-5-4-8-25(26)27-10-6-7-11-29(27)34-30(28)19-23/h4-19H,20H2,1-3H3. The van der Waals surface area contributed by atoms with E-state index in [0.717, 1.165) is 45.7 Å². The molecule has 0 aliphatic carbocycles. The third-order valence-electron chi connectivity index (χ3n) is 6.43. The second-order valence-corrected chi connectivity index (χ2v) is 10.3. The highest BCUT2D eigenvalue weighted by Gasteiger charge is 2.21. The lowest BCUT2D eigenvalue weighted by Crippen LogP contribution is -2.08. The van der Waals surface area contributed by atoms with Gasteiger partial charge in [-0.2, -0.15) is 0 Å². The summed E-state index contributed by atoms with van der Waals surface area (Å²) in [4.78, 5) is 4.79. The molecule has 0 radical (unpaired) electrons. The molecule has 2 heteroatoms. The van der Waals surface area contributed by atoms with Gasteiger partial charge in [0.25, 0.3) is 0 Å². The lowest BCUT2D eigenvalue weighted by atomic mass is 9.87. The molecule has 0 amide bonds. The Morgan fingerprint density at radius 2 is 1.38 bits per heavy atom. The molecule has 2 nitrogen and oxygen atoms in total. The zero-order valence-electron chi connectivity index (χ0n) is 19.8. The second-order valence-electron chi connectivity index (χ2n) is 10.3. The summed E-state index contributed by atoms with van der Waals surface area (Å²) in [5, 5.41) is 2.38. The molecule has 0 unspecified atom stereocenters. The molecule has 166 valence electrons. The van der Waals surface area contributed by atoms with Gasteiger partial charge in [-0.05, 0) is 58.2 Å². The molecule has 0 spiro atoms. The van der Waals surface area contributed by atoms with E-state index in [2.05, 4.69) is 99.6 Å². The SMILES string of the molecule is CC(C)(C)Cc1ccc2c(-c3ccc4c(c3)Oc3ccccc3-c3ccccc3-4)nccc2c1. The number of rotatable bonds is 2. The van der Waals surface area contributed by atoms with Crippen molar-refractivity contribution in [1.29, 1.82) is 0 Å². The third-order valence-corrected chi connectivity index (χ3v) is 6.43. The molecule has 0 saturated heterocycles. The van der Waals surface area contributed by atoms with Crippen LogP contribution in [-0.4, -0.2) is 4.98 Å². The van der Waals surface area contributed by atoms with Crippen molar-refractivity contribution in [3.63, 3.8) is 0 Å². The first-order valence-electron chi connectivity index (χ1n) is 11.8. The first-order chi connectivity index (χ1) is 16.5. The average Bonchev–Trinajstić information content (AvgIpc) is 2.96. The molecule has 1 aliphatic rings. The maximum absolute atomic E-state index is 6.51. The molecule has 4 aromatic carbocycles. The Labute approximate surface area is 200 Å². The fourth-order valence-electron chi connectivity index (χ4n) is 5.01. The van der Waals surface area contributed by atoms with E-state index < -0.39 is 0 Å². The molecule has 0 N–H and O–H groups in total. The highest BCUT2D eigenvalue weighted by atomic mass is 16.5. The van der Waals surface area contributed by atoms with Gasteiger partial charge in [0.1, 0.15) is 11.5 Å². The van der Waals surface area contributed by atoms with E-state index in [1.165, 1.54) is 22.1 Å². The van der Waals surface area contributed by atoms with E-state index in [-0.39, 0.29) is 5.41 Å². The van der Waals surface area contributed by atoms with E-state index in [1.807, 2.05) is 18.3 Å². The van der Waals surface area contributed by atoms with Crippen LogP contribution in [0.3, 0.4) is 0 Å². The summed E-state index contributed by atoms with van der Waals surface area (Å²) in [6.45, 7) is 6.84. The Kier molecular flexibility index (Phi) is 4.77. The predicted molar refractivity (Wildman–Crippen MR) is 141 cm³/mol. The number of benzene rings is 4. The van der Waals surface area contributed by atoms with Gasteiger partial charge in [0.05, 0.1) is 5.69 Å². The molecule has 0 bridgehead atoms. The van der Waals surface area contributed by atoms with Crippen molar-refractivity contribution in [1.82, 2.24) is 4.98 Å². The van der Waals surface area contributed by atoms with Gasteiger partial charge >= 0.3 is 0 Å². The number of aromatic nitrogens is 1. The van der Waals surface area contributed by atoms with E-state index in [4.69, 9.17) is 9.72 Å². The van der Waals surface area contributed by atoms with Crippen molar-refractivity contribution in [2.24, 2.45) is 5.41 Å². The van der Waals surface area contributed by atoms with Gasteiger partial charge in [-0.25, -0.2) is 0 Å². The molecule has 0 atom stereocenters. The van der Waals surface area contributed by atoms with E-state index in [9.17, 15) is 0 Å². The van der Waals surface area contributed by atoms with Crippen LogP contribution in [0.2, 0.25) is 0 Å². The normalized spacial score (nSPS) is 12.3. The van der Waals surface area contributed by atoms with Crippen LogP contribution in [0.25, 0.3) is 44.3 Å². The summed E-state index contributed by atoms with van der Waals surface area (Å²) in [5.41, 5.74) is 8.25. The highest BCUT2D eigenvalue weighted by molar-refractivity contribution is 5.97. The summed E-state index contributed by atoms with van der Waals surface area (Å²) in [5.74, 6) is 1.74. The Bertz CT molecular complexity index is 1540. The molecule has 6 rings (SSSR count). The zero-order chi connectivity index (χ0) is 23.3. The minimum absolute atomic E-state index is 0.254. The molecule has 5 aromatic rings. The number of ether oxygens (including phenoxy) is 1. The number of hydrogen-bond donors (Lipinski definition) is 0. The summed E-state index contributed by atoms with van der Waals surface area (Å²) in [6.07, 6.45) is 2.96. The Balaban J connectivity index is 1.49. The fourth-order valence-corrected chi connectivity index (χ4v) is 5.01. The van der Waals surface area contributed by atoms with Crippen molar-refractivity contribution in [2.75, 3.05) is 0 Å². The average molecular weight is 442 g/mol. The number of hydrogen-bond acceptors (Lipinski definition) is 2. The lowest BCUT2D eigenvalue weighted by molar-refractivity contribution is 0.411. The topological polar surface area (TPSA) is 22.1 Å². The van der Waals surface area contributed by atoms with Crippen molar-refractivity contribution >= 4 is 10.8 Å². The van der Waals surface area contributed by atoms with Gasteiger partial charge in [-0.1, -0.05) is 87.5 Å². The zero-order valence-corrected chi connectivity index (χ0v) is 19.8. The van der Waals surface area contributed by atoms with Gasteiger partial charge < -0.3 is 4.74 Å². The van der Waals surface area contributed by atoms with Crippen LogP contribution >= 0.6 is 0 Å². The molecular formula is C32H27NO. The molecule has 0 saturated carbocycles. The number of nitrogens with zero attached hydrogens (tertiary/aromatic N) is 1. The summed E-state index contributed by atoms with van der Waals surface area (Å²) < 4.78 is 6.51. The minimum atomic E-state index is 0.254. The molecule has 1 aromatic heterocycles. The van der Waals surface area contributed by atoms with E-state index >= 15 is 0 Å². The summed E-state index contributed by atoms with van der Waals surface area (Å²) >= 11 is 0. The monoisotopic (exact) mass is 441 g/mol. The number of para-hydroxylation sites is 1. The first-order valence-corrected chi connectivity index (χ1v) is 11.8. The molecule has 0 fully saturated rings. The van der Waals surface area contributed by atoms with Crippen LogP contribution in [0, 0.1) is 5.41 Å². The van der Waals surface area contributed by atoms with Crippen molar-refractivity contribution in [3.05, 3.63) is 103 Å². The maximum atomic E-state index is 6.51. The van der Waals surface area contributed by atoms with Crippen molar-refractivity contribution in [3.8, 4) is 45.0 Å². The quantitative estimate of drug-likeness (QED) is 0.267. The van der Waals surface area contributed by atoms with E-state index in [0.29, 0.717) is 0 Å². The Hall–Kier alpha value is -3.91. The molecule has 2 heterocycles. The van der Waals surface area contributed by atoms with Crippen LogP contribution in [0.15, 0.2) is 97.2 Å². The van der Waals surface area contributed by atoms with Crippen LogP contribution in [-0.2, 0) is 6.42 Å². The largest absolute Gasteiger partial charge is 0.456 e. The van der Waals surface area contributed by atoms with Gasteiger partial charge in [0.2, 0.25) is 0 Å². The van der Waals surface area contributed by atoms with Gasteiger partial charge in [-0.3, -0.25) is 4.98 Å². The number of pyridine rings is 1. The molecule has 34 heavy (non-hydrogen) atoms. The van der Waals surface area contributed by atoms with E-state index in [1.54, 1.807) is 0 Å². The second kappa shape index (κ2) is 7.85. The number of fused-ring (bicyclic) bond motifs is 6. The van der Waals surface area contributed by atoms with Crippen molar-refractivity contribution < 1.29 is 4.74 Å². The highest BCUT2D eigenvalue weighted by Crippen LogP contribution is 2.47. The molecular weight excluding hydrogens is 414 g/mol. The smallest absolute Gasteiger partial charge is 0.135 e. The predicted octanol–water partition coefficient (Wildman–Crippen LogP) is 8.93. The Morgan fingerprint density at radius 1 is 0.676 bits per heavy atom. The van der Waals surface area contributed by atoms with Gasteiger partial charge in [0.15, 0.2) is 0 Å².